The van der Waals surface area contributed by atoms with E-state index in [1.165, 1.54) is 103 Å². The number of nitrogens with one attached hydrogen (secondary N) is 1. The molecule has 0 radical (unpaired) electrons. The molecule has 326 valence electrons. The number of carbonyl (C=O) groups excluding carboxylic acids is 2. The fourth-order valence-electron chi connectivity index (χ4n) is 6.01. The summed E-state index contributed by atoms with van der Waals surface area (Å²) in [5.74, 6) is -0.839. The highest BCUT2D eigenvalue weighted by atomic mass is 31.2. The number of hydrogen-bond donors (Lipinski definition) is 2. The van der Waals surface area contributed by atoms with Crippen molar-refractivity contribution < 1.29 is 37.6 Å². The number of esters is 2. The molecular formula is C46H84NO8P. The van der Waals surface area contributed by atoms with E-state index in [2.05, 4.69) is 67.8 Å². The highest BCUT2D eigenvalue weighted by Gasteiger charge is 2.26. The van der Waals surface area contributed by atoms with Gasteiger partial charge in [-0.2, -0.15) is 0 Å². The zero-order valence-electron chi connectivity index (χ0n) is 36.1. The van der Waals surface area contributed by atoms with Gasteiger partial charge in [-0.05, 0) is 64.8 Å². The van der Waals surface area contributed by atoms with Crippen molar-refractivity contribution in [2.24, 2.45) is 0 Å². The van der Waals surface area contributed by atoms with Gasteiger partial charge < -0.3 is 19.7 Å². The summed E-state index contributed by atoms with van der Waals surface area (Å²) in [6, 6.07) is 0. The van der Waals surface area contributed by atoms with Gasteiger partial charge in [0.2, 0.25) is 0 Å². The lowest BCUT2D eigenvalue weighted by Crippen LogP contribution is -2.29. The van der Waals surface area contributed by atoms with E-state index < -0.39 is 26.5 Å². The topological polar surface area (TPSA) is 120 Å². The van der Waals surface area contributed by atoms with E-state index in [-0.39, 0.29) is 32.0 Å². The molecule has 0 fully saturated rings. The first-order chi connectivity index (χ1) is 27.3. The van der Waals surface area contributed by atoms with E-state index in [1.807, 2.05) is 0 Å². The molecule has 0 rings (SSSR count). The van der Waals surface area contributed by atoms with Crippen molar-refractivity contribution in [2.75, 3.05) is 33.4 Å². The molecule has 0 heterocycles. The predicted octanol–water partition coefficient (Wildman–Crippen LogP) is 13.0. The van der Waals surface area contributed by atoms with Gasteiger partial charge in [-0.15, -0.1) is 0 Å². The van der Waals surface area contributed by atoms with Crippen LogP contribution in [0.15, 0.2) is 48.6 Å². The summed E-state index contributed by atoms with van der Waals surface area (Å²) >= 11 is 0. The summed E-state index contributed by atoms with van der Waals surface area (Å²) in [7, 11) is -2.66. The van der Waals surface area contributed by atoms with Crippen LogP contribution in [0, 0.1) is 0 Å². The van der Waals surface area contributed by atoms with Crippen molar-refractivity contribution in [1.29, 1.82) is 0 Å². The second kappa shape index (κ2) is 42.6. The Morgan fingerprint density at radius 2 is 0.964 bits per heavy atom. The van der Waals surface area contributed by atoms with Crippen molar-refractivity contribution in [1.82, 2.24) is 5.32 Å². The Labute approximate surface area is 343 Å². The first-order valence-electron chi connectivity index (χ1n) is 22.6. The fourth-order valence-corrected chi connectivity index (χ4v) is 6.76. The smallest absolute Gasteiger partial charge is 0.462 e. The maximum absolute atomic E-state index is 12.6. The van der Waals surface area contributed by atoms with Crippen LogP contribution >= 0.6 is 7.82 Å². The van der Waals surface area contributed by atoms with Crippen molar-refractivity contribution in [3.05, 3.63) is 48.6 Å². The van der Waals surface area contributed by atoms with Crippen LogP contribution in [0.1, 0.15) is 194 Å². The molecule has 0 aliphatic rings. The van der Waals surface area contributed by atoms with Crippen molar-refractivity contribution in [2.45, 2.75) is 200 Å². The van der Waals surface area contributed by atoms with E-state index in [0.29, 0.717) is 13.0 Å². The van der Waals surface area contributed by atoms with E-state index in [9.17, 15) is 19.0 Å². The third-order valence-electron chi connectivity index (χ3n) is 9.45. The summed E-state index contributed by atoms with van der Waals surface area (Å²) in [5, 5.41) is 2.82. The summed E-state index contributed by atoms with van der Waals surface area (Å²) in [6.07, 6.45) is 47.2. The Kier molecular flexibility index (Phi) is 41.0. The van der Waals surface area contributed by atoms with Crippen LogP contribution in [0.3, 0.4) is 0 Å². The Hall–Kier alpha value is -2.03. The number of hydrogen-bond acceptors (Lipinski definition) is 8. The minimum absolute atomic E-state index is 0.0238. The Morgan fingerprint density at radius 1 is 0.554 bits per heavy atom. The lowest BCUT2D eigenvalue weighted by Gasteiger charge is -2.20. The molecule has 0 aromatic carbocycles. The maximum Gasteiger partial charge on any atom is 0.472 e. The number of phosphoric ester groups is 1. The molecule has 0 bridgehead atoms. The number of allylic oxidation sites excluding steroid dienone is 8. The lowest BCUT2D eigenvalue weighted by molar-refractivity contribution is -0.161. The van der Waals surface area contributed by atoms with Crippen LogP contribution in [0.4, 0.5) is 0 Å². The van der Waals surface area contributed by atoms with Gasteiger partial charge in [-0.3, -0.25) is 18.6 Å². The molecular weight excluding hydrogens is 725 g/mol. The van der Waals surface area contributed by atoms with Gasteiger partial charge in [0.05, 0.1) is 13.2 Å². The highest BCUT2D eigenvalue weighted by Crippen LogP contribution is 2.43. The molecule has 0 aliphatic carbocycles. The minimum atomic E-state index is -4.36. The van der Waals surface area contributed by atoms with Gasteiger partial charge in [0.1, 0.15) is 6.61 Å². The molecule has 0 aliphatic heterocycles. The molecule has 0 saturated heterocycles. The number of likely N-dealkylation sites (N-methyl/N-ethyl adjacent to an activating group) is 1. The van der Waals surface area contributed by atoms with Crippen molar-refractivity contribution in [3.63, 3.8) is 0 Å². The van der Waals surface area contributed by atoms with Gasteiger partial charge in [-0.1, -0.05) is 172 Å². The number of ether oxygens (including phenoxy) is 2. The predicted molar refractivity (Wildman–Crippen MR) is 234 cm³/mol. The molecule has 0 amide bonds. The molecule has 2 atom stereocenters. The summed E-state index contributed by atoms with van der Waals surface area (Å²) in [4.78, 5) is 35.1. The van der Waals surface area contributed by atoms with Gasteiger partial charge >= 0.3 is 19.8 Å². The van der Waals surface area contributed by atoms with E-state index in [1.54, 1.807) is 7.05 Å². The summed E-state index contributed by atoms with van der Waals surface area (Å²) in [5.41, 5.74) is 0. The monoisotopic (exact) mass is 810 g/mol. The third kappa shape index (κ3) is 41.6. The van der Waals surface area contributed by atoms with Crippen LogP contribution in [0.25, 0.3) is 0 Å². The molecule has 2 unspecified atom stereocenters. The molecule has 56 heavy (non-hydrogen) atoms. The standard InChI is InChI=1S/C46H84NO8P/c1-4-6-8-10-12-14-16-18-20-21-22-23-25-27-29-31-33-35-37-39-46(49)55-44(43-54-56(50,51)53-41-40-47-3)42-52-45(48)38-36-34-32-30-28-26-24-19-17-15-13-11-9-7-5-2/h12,14,18,20,22-23,27,29,44,47H,4-11,13,15-17,19,21,24-26,28,30-43H2,1-3H3,(H,50,51)/b14-12-,20-18-,23-22-,29-27-. The minimum Gasteiger partial charge on any atom is -0.462 e. The molecule has 0 spiro atoms. The molecule has 2 N–H and O–H groups in total. The molecule has 0 aromatic heterocycles. The maximum atomic E-state index is 12.6. The third-order valence-corrected chi connectivity index (χ3v) is 10.4. The summed E-state index contributed by atoms with van der Waals surface area (Å²) in [6.45, 7) is 4.17. The van der Waals surface area contributed by atoms with Crippen LogP contribution in [0.5, 0.6) is 0 Å². The molecule has 0 aromatic rings. The number of unbranched alkanes of at least 4 members (excludes halogenated alkanes) is 20. The summed E-state index contributed by atoms with van der Waals surface area (Å²) < 4.78 is 33.2. The van der Waals surface area contributed by atoms with Crippen molar-refractivity contribution in [3.8, 4) is 0 Å². The zero-order valence-corrected chi connectivity index (χ0v) is 37.0. The van der Waals surface area contributed by atoms with Gasteiger partial charge in [-0.25, -0.2) is 4.57 Å². The van der Waals surface area contributed by atoms with Crippen LogP contribution in [-0.2, 0) is 32.7 Å². The second-order valence-electron chi connectivity index (χ2n) is 14.9. The average molecular weight is 810 g/mol. The van der Waals surface area contributed by atoms with E-state index >= 15 is 0 Å². The van der Waals surface area contributed by atoms with E-state index in [0.717, 1.165) is 57.8 Å². The Bertz CT molecular complexity index is 1060. The van der Waals surface area contributed by atoms with Crippen LogP contribution < -0.4 is 5.32 Å². The number of carbonyl (C=O) groups is 2. The lowest BCUT2D eigenvalue weighted by atomic mass is 10.0. The largest absolute Gasteiger partial charge is 0.472 e. The normalized spacial score (nSPS) is 13.7. The van der Waals surface area contributed by atoms with Gasteiger partial charge in [0.15, 0.2) is 6.10 Å². The fraction of sp³-hybridized carbons (Fsp3) is 0.783. The second-order valence-corrected chi connectivity index (χ2v) is 16.3. The number of rotatable bonds is 42. The average Bonchev–Trinajstić information content (AvgIpc) is 3.18. The highest BCUT2D eigenvalue weighted by molar-refractivity contribution is 7.47. The van der Waals surface area contributed by atoms with Crippen LogP contribution in [0.2, 0.25) is 0 Å². The molecule has 0 saturated carbocycles. The zero-order chi connectivity index (χ0) is 41.1. The molecule has 10 heteroatoms. The molecule has 9 nitrogen and oxygen atoms in total. The van der Waals surface area contributed by atoms with Gasteiger partial charge in [0, 0.05) is 19.4 Å². The van der Waals surface area contributed by atoms with E-state index in [4.69, 9.17) is 18.5 Å². The first-order valence-corrected chi connectivity index (χ1v) is 24.1. The first kappa shape index (κ1) is 54.0. The Morgan fingerprint density at radius 3 is 1.46 bits per heavy atom. The SMILES string of the molecule is CCCCC/C=C\C/C=C\C/C=C\C/C=C\CCCCCC(=O)OC(COC(=O)CCCCCCCCCCCCCCCCC)COP(=O)(O)OCCNC. The number of phosphoric acid groups is 1. The van der Waals surface area contributed by atoms with Gasteiger partial charge in [0.25, 0.3) is 0 Å². The van der Waals surface area contributed by atoms with Crippen LogP contribution in [-0.4, -0.2) is 56.3 Å². The van der Waals surface area contributed by atoms with Crippen molar-refractivity contribution >= 4 is 19.8 Å². The quantitative estimate of drug-likeness (QED) is 0.0269. The Balaban J connectivity index is 4.27.